The van der Waals surface area contributed by atoms with Gasteiger partial charge in [0.15, 0.2) is 0 Å². The maximum absolute atomic E-state index is 5.55. The van der Waals surface area contributed by atoms with Crippen molar-refractivity contribution in [1.82, 2.24) is 4.98 Å². The lowest BCUT2D eigenvalue weighted by Gasteiger charge is -2.11. The third-order valence-electron chi connectivity index (χ3n) is 2.64. The second-order valence-electron chi connectivity index (χ2n) is 3.90. The first-order valence-corrected chi connectivity index (χ1v) is 4.90. The van der Waals surface area contributed by atoms with Crippen LogP contribution >= 0.6 is 0 Å². The Hall–Kier alpha value is -1.25. The third kappa shape index (κ3) is 1.43. The van der Waals surface area contributed by atoms with Crippen LogP contribution in [-0.2, 0) is 0 Å². The number of hydrogen-bond acceptors (Lipinski definition) is 3. The molecule has 1 aliphatic heterocycles. The Kier molecular flexibility index (Phi) is 2.32. The van der Waals surface area contributed by atoms with Gasteiger partial charge in [-0.3, -0.25) is 0 Å². The van der Waals surface area contributed by atoms with Crippen molar-refractivity contribution in [3.8, 4) is 11.6 Å². The highest BCUT2D eigenvalue weighted by Crippen LogP contribution is 2.37. The van der Waals surface area contributed by atoms with Crippen LogP contribution in [0.4, 0.5) is 0 Å². The van der Waals surface area contributed by atoms with E-state index in [0.29, 0.717) is 17.7 Å². The third-order valence-corrected chi connectivity index (χ3v) is 2.64. The van der Waals surface area contributed by atoms with Gasteiger partial charge >= 0.3 is 0 Å². The molecule has 0 aliphatic carbocycles. The predicted octanol–water partition coefficient (Wildman–Crippen LogP) is 2.22. The largest absolute Gasteiger partial charge is 0.491 e. The number of pyridine rings is 1. The maximum Gasteiger partial charge on any atom is 0.213 e. The number of ether oxygens (including phenoxy) is 2. The summed E-state index contributed by atoms with van der Waals surface area (Å²) >= 11 is 0. The van der Waals surface area contributed by atoms with Gasteiger partial charge in [0.2, 0.25) is 5.88 Å². The van der Waals surface area contributed by atoms with Gasteiger partial charge in [-0.1, -0.05) is 13.8 Å². The van der Waals surface area contributed by atoms with Crippen LogP contribution in [0, 0.1) is 5.92 Å². The van der Waals surface area contributed by atoms with Crippen LogP contribution in [0.15, 0.2) is 12.1 Å². The predicted molar refractivity (Wildman–Crippen MR) is 53.9 cm³/mol. The highest BCUT2D eigenvalue weighted by molar-refractivity contribution is 5.37. The zero-order chi connectivity index (χ0) is 10.1. The van der Waals surface area contributed by atoms with Gasteiger partial charge in [-0.05, 0) is 12.0 Å². The zero-order valence-electron chi connectivity index (χ0n) is 8.78. The van der Waals surface area contributed by atoms with Crippen LogP contribution in [0.1, 0.15) is 25.5 Å². The van der Waals surface area contributed by atoms with Crippen molar-refractivity contribution in [2.24, 2.45) is 5.92 Å². The van der Waals surface area contributed by atoms with E-state index in [-0.39, 0.29) is 0 Å². The first-order chi connectivity index (χ1) is 6.72. The number of methoxy groups -OCH3 is 1. The van der Waals surface area contributed by atoms with Crippen molar-refractivity contribution in [2.75, 3.05) is 13.7 Å². The number of hydrogen-bond donors (Lipinski definition) is 0. The molecule has 0 saturated carbocycles. The second kappa shape index (κ2) is 3.48. The Morgan fingerprint density at radius 1 is 1.50 bits per heavy atom. The molecule has 76 valence electrons. The van der Waals surface area contributed by atoms with Gasteiger partial charge in [0.05, 0.1) is 19.4 Å². The van der Waals surface area contributed by atoms with E-state index in [0.717, 1.165) is 18.1 Å². The van der Waals surface area contributed by atoms with Crippen LogP contribution < -0.4 is 9.47 Å². The first kappa shape index (κ1) is 9.31. The van der Waals surface area contributed by atoms with Gasteiger partial charge in [0, 0.05) is 12.0 Å². The summed E-state index contributed by atoms with van der Waals surface area (Å²) in [5, 5.41) is 0. The van der Waals surface area contributed by atoms with Crippen LogP contribution in [-0.4, -0.2) is 18.7 Å². The monoisotopic (exact) mass is 193 g/mol. The molecule has 3 nitrogen and oxygen atoms in total. The van der Waals surface area contributed by atoms with E-state index in [4.69, 9.17) is 9.47 Å². The number of aromatic nitrogens is 1. The lowest BCUT2D eigenvalue weighted by Crippen LogP contribution is -2.09. The van der Waals surface area contributed by atoms with Crippen molar-refractivity contribution in [1.29, 1.82) is 0 Å². The smallest absolute Gasteiger partial charge is 0.213 e. The Balaban J connectivity index is 2.37. The molecule has 0 amide bonds. The van der Waals surface area contributed by atoms with Gasteiger partial charge in [-0.15, -0.1) is 0 Å². The van der Waals surface area contributed by atoms with Crippen molar-refractivity contribution in [3.63, 3.8) is 0 Å². The van der Waals surface area contributed by atoms with Gasteiger partial charge in [-0.2, -0.15) is 0 Å². The molecule has 1 atom stereocenters. The van der Waals surface area contributed by atoms with Gasteiger partial charge in [0.1, 0.15) is 5.75 Å². The average Bonchev–Trinajstić information content (AvgIpc) is 2.59. The maximum atomic E-state index is 5.55. The molecule has 2 heterocycles. The molecule has 3 heteroatoms. The Morgan fingerprint density at radius 3 is 2.93 bits per heavy atom. The molecule has 0 spiro atoms. The van der Waals surface area contributed by atoms with E-state index < -0.39 is 0 Å². The SMILES string of the molecule is COc1ccc2c(n1)C(C(C)C)CO2. The molecule has 2 rings (SSSR count). The molecule has 0 aromatic carbocycles. The molecule has 0 radical (unpaired) electrons. The molecule has 0 N–H and O–H groups in total. The molecule has 0 saturated heterocycles. The summed E-state index contributed by atoms with van der Waals surface area (Å²) in [7, 11) is 1.63. The molecule has 1 aliphatic rings. The molecule has 14 heavy (non-hydrogen) atoms. The highest BCUT2D eigenvalue weighted by atomic mass is 16.5. The summed E-state index contributed by atoms with van der Waals surface area (Å²) in [6.45, 7) is 5.11. The summed E-state index contributed by atoms with van der Waals surface area (Å²) in [4.78, 5) is 4.43. The lowest BCUT2D eigenvalue weighted by molar-refractivity contribution is 0.303. The fourth-order valence-corrected chi connectivity index (χ4v) is 1.71. The molecule has 1 aromatic rings. The fraction of sp³-hybridized carbons (Fsp3) is 0.545. The Bertz CT molecular complexity index is 336. The summed E-state index contributed by atoms with van der Waals surface area (Å²) in [5.41, 5.74) is 1.04. The van der Waals surface area contributed by atoms with E-state index in [1.54, 1.807) is 7.11 Å². The van der Waals surface area contributed by atoms with Crippen LogP contribution in [0.5, 0.6) is 11.6 Å². The molecule has 0 bridgehead atoms. The summed E-state index contributed by atoms with van der Waals surface area (Å²) in [6.07, 6.45) is 0. The first-order valence-electron chi connectivity index (χ1n) is 4.90. The van der Waals surface area contributed by atoms with Gasteiger partial charge in [0.25, 0.3) is 0 Å². The minimum Gasteiger partial charge on any atom is -0.491 e. The van der Waals surface area contributed by atoms with Crippen LogP contribution in [0.2, 0.25) is 0 Å². The molecule has 1 unspecified atom stereocenters. The topological polar surface area (TPSA) is 31.4 Å². The van der Waals surface area contributed by atoms with E-state index >= 15 is 0 Å². The average molecular weight is 193 g/mol. The highest BCUT2D eigenvalue weighted by Gasteiger charge is 2.28. The molecule has 1 aromatic heterocycles. The minimum absolute atomic E-state index is 0.403. The summed E-state index contributed by atoms with van der Waals surface area (Å²) in [6, 6.07) is 3.77. The van der Waals surface area contributed by atoms with Gasteiger partial charge < -0.3 is 9.47 Å². The minimum atomic E-state index is 0.403. The normalized spacial score (nSPS) is 19.3. The van der Waals surface area contributed by atoms with Crippen molar-refractivity contribution in [2.45, 2.75) is 19.8 Å². The molecule has 0 fully saturated rings. The van der Waals surface area contributed by atoms with Crippen LogP contribution in [0.25, 0.3) is 0 Å². The molecular weight excluding hydrogens is 178 g/mol. The lowest BCUT2D eigenvalue weighted by atomic mass is 9.94. The Morgan fingerprint density at radius 2 is 2.29 bits per heavy atom. The van der Waals surface area contributed by atoms with E-state index in [2.05, 4.69) is 18.8 Å². The summed E-state index contributed by atoms with van der Waals surface area (Å²) in [5.74, 6) is 2.53. The number of rotatable bonds is 2. The van der Waals surface area contributed by atoms with Crippen molar-refractivity contribution in [3.05, 3.63) is 17.8 Å². The van der Waals surface area contributed by atoms with Gasteiger partial charge in [-0.25, -0.2) is 4.98 Å². The van der Waals surface area contributed by atoms with Crippen molar-refractivity contribution >= 4 is 0 Å². The Labute approximate surface area is 84.1 Å². The zero-order valence-corrected chi connectivity index (χ0v) is 8.78. The van der Waals surface area contributed by atoms with E-state index in [1.807, 2.05) is 12.1 Å². The van der Waals surface area contributed by atoms with E-state index in [9.17, 15) is 0 Å². The van der Waals surface area contributed by atoms with Crippen LogP contribution in [0.3, 0.4) is 0 Å². The standard InChI is InChI=1S/C11H15NO2/c1-7(2)8-6-14-9-4-5-10(13-3)12-11(8)9/h4-5,7-8H,6H2,1-3H3. The number of fused-ring (bicyclic) bond motifs is 1. The quantitative estimate of drug-likeness (QED) is 0.721. The summed E-state index contributed by atoms with van der Waals surface area (Å²) < 4.78 is 10.7. The van der Waals surface area contributed by atoms with Crippen molar-refractivity contribution < 1.29 is 9.47 Å². The second-order valence-corrected chi connectivity index (χ2v) is 3.90. The number of nitrogens with zero attached hydrogens (tertiary/aromatic N) is 1. The van der Waals surface area contributed by atoms with E-state index in [1.165, 1.54) is 0 Å². The molecular formula is C11H15NO2. The fourth-order valence-electron chi connectivity index (χ4n) is 1.71.